The van der Waals surface area contributed by atoms with Gasteiger partial charge in [0, 0.05) is 25.2 Å². The number of nitrogens with zero attached hydrogens (tertiary/aromatic N) is 2. The number of piperidine rings is 1. The number of ether oxygens (including phenoxy) is 2. The van der Waals surface area contributed by atoms with Crippen LogP contribution in [0.4, 0.5) is 5.69 Å². The molecular formula is C17H24ClN3O4. The third-order valence-corrected chi connectivity index (χ3v) is 4.77. The first-order valence-corrected chi connectivity index (χ1v) is 8.43. The average molecular weight is 370 g/mol. The molecule has 0 aromatic heterocycles. The smallest absolute Gasteiger partial charge is 0.314 e. The molecule has 0 atom stereocenters. The van der Waals surface area contributed by atoms with Crippen LogP contribution in [-0.2, 0) is 9.59 Å². The fraction of sp³-hybridized carbons (Fsp3) is 0.529. The summed E-state index contributed by atoms with van der Waals surface area (Å²) in [6.45, 7) is 1.82. The number of likely N-dealkylation sites (tertiary alicyclic amines) is 1. The Morgan fingerprint density at radius 2 is 1.80 bits per heavy atom. The minimum atomic E-state index is -0.718. The van der Waals surface area contributed by atoms with Crippen molar-refractivity contribution in [2.75, 3.05) is 46.7 Å². The maximum absolute atomic E-state index is 12.5. The third-order valence-electron chi connectivity index (χ3n) is 4.47. The van der Waals surface area contributed by atoms with Gasteiger partial charge in [-0.05, 0) is 33.0 Å². The van der Waals surface area contributed by atoms with Gasteiger partial charge in [0.25, 0.3) is 0 Å². The van der Waals surface area contributed by atoms with E-state index in [1.807, 2.05) is 7.05 Å². The van der Waals surface area contributed by atoms with Gasteiger partial charge in [0.05, 0.1) is 24.9 Å². The Hall–Kier alpha value is -1.99. The molecule has 1 saturated heterocycles. The number of carbonyl (C=O) groups excluding carboxylic acids is 2. The monoisotopic (exact) mass is 369 g/mol. The first kappa shape index (κ1) is 19.3. The zero-order valence-electron chi connectivity index (χ0n) is 15.0. The van der Waals surface area contributed by atoms with Crippen molar-refractivity contribution in [3.8, 4) is 11.5 Å². The van der Waals surface area contributed by atoms with E-state index in [1.54, 1.807) is 7.05 Å². The van der Waals surface area contributed by atoms with Gasteiger partial charge in [-0.1, -0.05) is 11.6 Å². The first-order valence-electron chi connectivity index (χ1n) is 8.05. The quantitative estimate of drug-likeness (QED) is 0.820. The molecule has 1 aromatic rings. The van der Waals surface area contributed by atoms with E-state index >= 15 is 0 Å². The maximum Gasteiger partial charge on any atom is 0.314 e. The minimum Gasteiger partial charge on any atom is -0.495 e. The van der Waals surface area contributed by atoms with Crippen LogP contribution in [0.15, 0.2) is 12.1 Å². The third kappa shape index (κ3) is 4.55. The predicted molar refractivity (Wildman–Crippen MR) is 96.5 cm³/mol. The Labute approximate surface area is 152 Å². The van der Waals surface area contributed by atoms with E-state index in [-0.39, 0.29) is 6.04 Å². The van der Waals surface area contributed by atoms with Crippen LogP contribution in [0.1, 0.15) is 12.8 Å². The van der Waals surface area contributed by atoms with Gasteiger partial charge in [-0.15, -0.1) is 0 Å². The van der Waals surface area contributed by atoms with E-state index in [9.17, 15) is 9.59 Å². The molecule has 1 aliphatic heterocycles. The maximum atomic E-state index is 12.5. The first-order chi connectivity index (χ1) is 11.9. The number of likely N-dealkylation sites (N-methyl/N-ethyl adjacent to an activating group) is 1. The highest BCUT2D eigenvalue weighted by Crippen LogP contribution is 2.35. The zero-order chi connectivity index (χ0) is 18.6. The molecule has 2 rings (SSSR count). The Morgan fingerprint density at radius 1 is 1.20 bits per heavy atom. The summed E-state index contributed by atoms with van der Waals surface area (Å²) in [5, 5.41) is 2.94. The molecule has 1 aromatic carbocycles. The van der Waals surface area contributed by atoms with Gasteiger partial charge in [0.2, 0.25) is 0 Å². The molecule has 0 spiro atoms. The molecule has 1 N–H and O–H groups in total. The van der Waals surface area contributed by atoms with Crippen LogP contribution in [0, 0.1) is 0 Å². The lowest BCUT2D eigenvalue weighted by Gasteiger charge is -2.34. The van der Waals surface area contributed by atoms with Gasteiger partial charge in [-0.25, -0.2) is 0 Å². The highest BCUT2D eigenvalue weighted by molar-refractivity contribution is 6.40. The van der Waals surface area contributed by atoms with Crippen LogP contribution in [0.2, 0.25) is 5.02 Å². The highest BCUT2D eigenvalue weighted by atomic mass is 35.5. The number of methoxy groups -OCH3 is 2. The molecule has 0 bridgehead atoms. The van der Waals surface area contributed by atoms with Crippen LogP contribution in [0.25, 0.3) is 0 Å². The molecule has 2 amide bonds. The number of rotatable bonds is 4. The summed E-state index contributed by atoms with van der Waals surface area (Å²) in [6.07, 6.45) is 1.70. The van der Waals surface area contributed by atoms with Crippen molar-refractivity contribution in [3.63, 3.8) is 0 Å². The van der Waals surface area contributed by atoms with Crippen molar-refractivity contribution in [2.45, 2.75) is 18.9 Å². The molecule has 138 valence electrons. The van der Waals surface area contributed by atoms with Crippen molar-refractivity contribution in [3.05, 3.63) is 17.2 Å². The normalized spacial score (nSPS) is 15.6. The predicted octanol–water partition coefficient (Wildman–Crippen LogP) is 1.85. The van der Waals surface area contributed by atoms with Crippen LogP contribution < -0.4 is 14.8 Å². The van der Waals surface area contributed by atoms with Gasteiger partial charge < -0.3 is 24.6 Å². The summed E-state index contributed by atoms with van der Waals surface area (Å²) in [7, 11) is 6.64. The average Bonchev–Trinajstić information content (AvgIpc) is 2.62. The number of carbonyl (C=O) groups is 2. The number of benzene rings is 1. The number of nitrogens with one attached hydrogen (secondary N) is 1. The molecule has 0 radical (unpaired) electrons. The molecule has 25 heavy (non-hydrogen) atoms. The second kappa shape index (κ2) is 8.40. The van der Waals surface area contributed by atoms with Crippen molar-refractivity contribution in [1.82, 2.24) is 9.80 Å². The fourth-order valence-corrected chi connectivity index (χ4v) is 3.07. The molecule has 8 heteroatoms. The molecule has 1 heterocycles. The van der Waals surface area contributed by atoms with Gasteiger partial charge in [-0.3, -0.25) is 9.59 Å². The molecule has 0 unspecified atom stereocenters. The molecule has 0 saturated carbocycles. The van der Waals surface area contributed by atoms with Gasteiger partial charge >= 0.3 is 11.8 Å². The summed E-state index contributed by atoms with van der Waals surface area (Å²) < 4.78 is 10.4. The Balaban J connectivity index is 2.09. The van der Waals surface area contributed by atoms with Crippen LogP contribution >= 0.6 is 11.6 Å². The second-order valence-corrected chi connectivity index (χ2v) is 6.50. The van der Waals surface area contributed by atoms with Gasteiger partial charge in [0.15, 0.2) is 0 Å². The SMILES string of the molecule is COc1cc(NC(=O)C(=O)N(C)C2CCN(C)CC2)c(OC)cc1Cl. The lowest BCUT2D eigenvalue weighted by atomic mass is 10.0. The lowest BCUT2D eigenvalue weighted by Crippen LogP contribution is -2.47. The van der Waals surface area contributed by atoms with E-state index in [0.29, 0.717) is 22.2 Å². The number of amides is 2. The van der Waals surface area contributed by atoms with E-state index in [1.165, 1.54) is 31.3 Å². The van der Waals surface area contributed by atoms with Gasteiger partial charge in [-0.2, -0.15) is 0 Å². The Bertz CT molecular complexity index is 645. The number of halogens is 1. The Kier molecular flexibility index (Phi) is 6.50. The molecule has 1 fully saturated rings. The standard InChI is InChI=1S/C17H24ClN3O4/c1-20-7-5-11(6-8-20)21(2)17(23)16(22)19-13-10-14(24-3)12(18)9-15(13)25-4/h9-11H,5-8H2,1-4H3,(H,19,22). The van der Waals surface area contributed by atoms with Gasteiger partial charge in [0.1, 0.15) is 11.5 Å². The summed E-state index contributed by atoms with van der Waals surface area (Å²) in [6, 6.07) is 3.12. The summed E-state index contributed by atoms with van der Waals surface area (Å²) in [4.78, 5) is 28.5. The summed E-state index contributed by atoms with van der Waals surface area (Å²) in [5.74, 6) is -0.558. The van der Waals surface area contributed by atoms with E-state index in [0.717, 1.165) is 25.9 Å². The second-order valence-electron chi connectivity index (χ2n) is 6.09. The zero-order valence-corrected chi connectivity index (χ0v) is 15.7. The van der Waals surface area contributed by atoms with Crippen molar-refractivity contribution in [1.29, 1.82) is 0 Å². The van der Waals surface area contributed by atoms with Crippen LogP contribution in [0.3, 0.4) is 0 Å². The van der Waals surface area contributed by atoms with E-state index in [4.69, 9.17) is 21.1 Å². The number of hydrogen-bond acceptors (Lipinski definition) is 5. The van der Waals surface area contributed by atoms with E-state index in [2.05, 4.69) is 10.2 Å². The van der Waals surface area contributed by atoms with Crippen molar-refractivity contribution in [2.24, 2.45) is 0 Å². The molecular weight excluding hydrogens is 346 g/mol. The van der Waals surface area contributed by atoms with Crippen molar-refractivity contribution >= 4 is 29.1 Å². The molecule has 7 nitrogen and oxygen atoms in total. The van der Waals surface area contributed by atoms with Crippen LogP contribution in [-0.4, -0.2) is 69.1 Å². The lowest BCUT2D eigenvalue weighted by molar-refractivity contribution is -0.144. The topological polar surface area (TPSA) is 71.1 Å². The Morgan fingerprint density at radius 3 is 2.36 bits per heavy atom. The number of hydrogen-bond donors (Lipinski definition) is 1. The molecule has 1 aliphatic rings. The van der Waals surface area contributed by atoms with E-state index < -0.39 is 11.8 Å². The number of anilines is 1. The molecule has 0 aliphatic carbocycles. The summed E-state index contributed by atoms with van der Waals surface area (Å²) in [5.41, 5.74) is 0.332. The fourth-order valence-electron chi connectivity index (χ4n) is 2.84. The highest BCUT2D eigenvalue weighted by Gasteiger charge is 2.28. The minimum absolute atomic E-state index is 0.0658. The van der Waals surface area contributed by atoms with Crippen LogP contribution in [0.5, 0.6) is 11.5 Å². The summed E-state index contributed by atoms with van der Waals surface area (Å²) >= 11 is 6.05. The van der Waals surface area contributed by atoms with Crippen molar-refractivity contribution < 1.29 is 19.1 Å². The largest absolute Gasteiger partial charge is 0.495 e.